The highest BCUT2D eigenvalue weighted by atomic mass is 16.5. The molecule has 12 heavy (non-hydrogen) atoms. The highest BCUT2D eigenvalue weighted by molar-refractivity contribution is 5.82. The van der Waals surface area contributed by atoms with Gasteiger partial charge >= 0.3 is 0 Å². The minimum absolute atomic E-state index is 0.197. The van der Waals surface area contributed by atoms with Crippen molar-refractivity contribution in [3.8, 4) is 0 Å². The summed E-state index contributed by atoms with van der Waals surface area (Å²) in [5.74, 6) is -0.197. The fraction of sp³-hybridized carbons (Fsp3) is 0.500. The van der Waals surface area contributed by atoms with Crippen LogP contribution >= 0.6 is 0 Å². The van der Waals surface area contributed by atoms with E-state index in [0.717, 1.165) is 0 Å². The molecule has 2 heterocycles. The van der Waals surface area contributed by atoms with E-state index in [9.17, 15) is 4.79 Å². The molecule has 1 amide bonds. The van der Waals surface area contributed by atoms with Crippen molar-refractivity contribution in [1.82, 2.24) is 15.7 Å². The van der Waals surface area contributed by atoms with E-state index in [1.54, 1.807) is 0 Å². The van der Waals surface area contributed by atoms with Crippen LogP contribution in [0.15, 0.2) is 10.8 Å². The van der Waals surface area contributed by atoms with Gasteiger partial charge in [0.25, 0.3) is 5.91 Å². The van der Waals surface area contributed by atoms with Crippen LogP contribution in [0.5, 0.6) is 0 Å². The molecule has 1 aliphatic heterocycles. The van der Waals surface area contributed by atoms with Crippen molar-refractivity contribution in [2.24, 2.45) is 0 Å². The van der Waals surface area contributed by atoms with Crippen LogP contribution in [-0.2, 0) is 9.53 Å². The Morgan fingerprint density at radius 1 is 1.67 bits per heavy atom. The maximum Gasteiger partial charge on any atom is 0.255 e. The monoisotopic (exact) mass is 169 g/mol. The number of rotatable bonds is 1. The van der Waals surface area contributed by atoms with Crippen LogP contribution < -0.4 is 5.32 Å². The lowest BCUT2D eigenvalue weighted by Crippen LogP contribution is -2.39. The number of nitrogens with zero attached hydrogens (tertiary/aromatic N) is 2. The van der Waals surface area contributed by atoms with Gasteiger partial charge in [0.05, 0.1) is 6.61 Å². The van der Waals surface area contributed by atoms with Gasteiger partial charge in [0.15, 0.2) is 12.4 Å². The number of hydrogen-bond acceptors (Lipinski definition) is 5. The van der Waals surface area contributed by atoms with Crippen molar-refractivity contribution in [2.75, 3.05) is 13.2 Å². The zero-order valence-corrected chi connectivity index (χ0v) is 6.19. The molecule has 0 spiro atoms. The summed E-state index contributed by atoms with van der Waals surface area (Å²) >= 11 is 0. The average molecular weight is 169 g/mol. The Morgan fingerprint density at radius 2 is 2.58 bits per heavy atom. The smallest absolute Gasteiger partial charge is 0.255 e. The van der Waals surface area contributed by atoms with Crippen molar-refractivity contribution >= 4 is 5.91 Å². The first-order valence-corrected chi connectivity index (χ1v) is 3.54. The summed E-state index contributed by atoms with van der Waals surface area (Å²) < 4.78 is 9.65. The molecule has 0 aromatic carbocycles. The standard InChI is InChI=1S/C6H7N3O3/c10-6-5(11-2-1-7-6)4-3-12-9-8-4/h3,5H,1-2H2,(H,7,10). The molecule has 1 aromatic heterocycles. The normalized spacial score (nSPS) is 23.7. The van der Waals surface area contributed by atoms with Crippen LogP contribution in [0, 0.1) is 0 Å². The van der Waals surface area contributed by atoms with Gasteiger partial charge in [0, 0.05) is 11.8 Å². The van der Waals surface area contributed by atoms with Gasteiger partial charge in [-0.05, 0) is 0 Å². The van der Waals surface area contributed by atoms with E-state index >= 15 is 0 Å². The Hall–Kier alpha value is -1.43. The molecule has 1 fully saturated rings. The van der Waals surface area contributed by atoms with Crippen molar-refractivity contribution in [3.63, 3.8) is 0 Å². The zero-order valence-electron chi connectivity index (χ0n) is 6.19. The summed E-state index contributed by atoms with van der Waals surface area (Å²) in [7, 11) is 0. The van der Waals surface area contributed by atoms with Crippen molar-refractivity contribution in [3.05, 3.63) is 12.0 Å². The third-order valence-corrected chi connectivity index (χ3v) is 1.57. The van der Waals surface area contributed by atoms with Gasteiger partial charge in [-0.3, -0.25) is 4.79 Å². The third-order valence-electron chi connectivity index (χ3n) is 1.57. The summed E-state index contributed by atoms with van der Waals surface area (Å²) in [6.45, 7) is 1.03. The average Bonchev–Trinajstić information content (AvgIpc) is 2.57. The molecule has 1 atom stereocenters. The Labute approximate surface area is 67.9 Å². The van der Waals surface area contributed by atoms with Crippen LogP contribution in [-0.4, -0.2) is 29.4 Å². The molecule has 0 radical (unpaired) electrons. The van der Waals surface area contributed by atoms with E-state index in [4.69, 9.17) is 4.74 Å². The highest BCUT2D eigenvalue weighted by Crippen LogP contribution is 2.16. The van der Waals surface area contributed by atoms with Gasteiger partial charge < -0.3 is 14.6 Å². The molecule has 0 bridgehead atoms. The lowest BCUT2D eigenvalue weighted by molar-refractivity contribution is -0.138. The minimum atomic E-state index is -0.662. The van der Waals surface area contributed by atoms with E-state index in [0.29, 0.717) is 18.8 Å². The fourth-order valence-corrected chi connectivity index (χ4v) is 1.03. The van der Waals surface area contributed by atoms with Crippen LogP contribution in [0.3, 0.4) is 0 Å². The lowest BCUT2D eigenvalue weighted by Gasteiger charge is -2.19. The van der Waals surface area contributed by atoms with E-state index in [1.165, 1.54) is 6.26 Å². The second kappa shape index (κ2) is 2.90. The Kier molecular flexibility index (Phi) is 1.75. The predicted octanol–water partition coefficient (Wildman–Crippen LogP) is -0.743. The van der Waals surface area contributed by atoms with Crippen molar-refractivity contribution < 1.29 is 14.1 Å². The molecule has 2 rings (SSSR count). The van der Waals surface area contributed by atoms with Crippen molar-refractivity contribution in [1.29, 1.82) is 0 Å². The fourth-order valence-electron chi connectivity index (χ4n) is 1.03. The molecular formula is C6H7N3O3. The predicted molar refractivity (Wildman–Crippen MR) is 36.0 cm³/mol. The summed E-state index contributed by atoms with van der Waals surface area (Å²) in [5.41, 5.74) is 0.409. The first-order valence-electron chi connectivity index (χ1n) is 3.54. The minimum Gasteiger partial charge on any atom is -0.360 e. The Bertz CT molecular complexity index is 272. The summed E-state index contributed by atoms with van der Waals surface area (Å²) in [6, 6.07) is 0. The molecule has 6 heteroatoms. The number of carbonyl (C=O) groups excluding carboxylic acids is 1. The number of ether oxygens (including phenoxy) is 1. The third kappa shape index (κ3) is 1.16. The molecule has 6 nitrogen and oxygen atoms in total. The van der Waals surface area contributed by atoms with Gasteiger partial charge in [0.1, 0.15) is 5.69 Å². The molecule has 1 saturated heterocycles. The number of nitrogens with one attached hydrogen (secondary N) is 1. The first-order chi connectivity index (χ1) is 5.88. The topological polar surface area (TPSA) is 77.2 Å². The van der Waals surface area contributed by atoms with Crippen LogP contribution in [0.1, 0.15) is 11.8 Å². The molecule has 1 aliphatic rings. The van der Waals surface area contributed by atoms with Gasteiger partial charge in [-0.2, -0.15) is 0 Å². The summed E-state index contributed by atoms with van der Waals surface area (Å²) in [6.07, 6.45) is 0.639. The quantitative estimate of drug-likeness (QED) is 0.599. The van der Waals surface area contributed by atoms with Crippen molar-refractivity contribution in [2.45, 2.75) is 6.10 Å². The molecule has 0 aliphatic carbocycles. The molecule has 1 N–H and O–H groups in total. The highest BCUT2D eigenvalue weighted by Gasteiger charge is 2.27. The summed E-state index contributed by atoms with van der Waals surface area (Å²) in [5, 5.41) is 9.48. The lowest BCUT2D eigenvalue weighted by atomic mass is 10.2. The van der Waals surface area contributed by atoms with Crippen LogP contribution in [0.25, 0.3) is 0 Å². The SMILES string of the molecule is O=C1NCCOC1c1conn1. The van der Waals surface area contributed by atoms with Gasteiger partial charge in [0.2, 0.25) is 0 Å². The molecule has 0 saturated carbocycles. The zero-order chi connectivity index (χ0) is 8.39. The Morgan fingerprint density at radius 3 is 3.25 bits per heavy atom. The first kappa shape index (κ1) is 7.23. The largest absolute Gasteiger partial charge is 0.360 e. The molecule has 1 aromatic rings. The van der Waals surface area contributed by atoms with E-state index in [2.05, 4.69) is 20.2 Å². The number of amides is 1. The Balaban J connectivity index is 2.17. The van der Waals surface area contributed by atoms with E-state index < -0.39 is 6.10 Å². The second-order valence-corrected chi connectivity index (χ2v) is 2.37. The van der Waals surface area contributed by atoms with Gasteiger partial charge in [-0.15, -0.1) is 5.10 Å². The maximum atomic E-state index is 11.1. The van der Waals surface area contributed by atoms with Crippen LogP contribution in [0.2, 0.25) is 0 Å². The molecular weight excluding hydrogens is 162 g/mol. The van der Waals surface area contributed by atoms with E-state index in [-0.39, 0.29) is 5.91 Å². The summed E-state index contributed by atoms with van der Waals surface area (Å²) in [4.78, 5) is 11.1. The number of aromatic nitrogens is 2. The number of morpholine rings is 1. The van der Waals surface area contributed by atoms with Crippen LogP contribution in [0.4, 0.5) is 0 Å². The van der Waals surface area contributed by atoms with Gasteiger partial charge in [-0.25, -0.2) is 0 Å². The molecule has 1 unspecified atom stereocenters. The maximum absolute atomic E-state index is 11.1. The second-order valence-electron chi connectivity index (χ2n) is 2.37. The molecule has 64 valence electrons. The number of carbonyl (C=O) groups is 1. The van der Waals surface area contributed by atoms with Gasteiger partial charge in [-0.1, -0.05) is 0 Å². The van der Waals surface area contributed by atoms with E-state index in [1.807, 2.05) is 0 Å². The number of hydrogen-bond donors (Lipinski definition) is 1.